The van der Waals surface area contributed by atoms with Gasteiger partial charge in [0, 0.05) is 24.1 Å². The molecule has 3 aromatic rings. The van der Waals surface area contributed by atoms with Crippen molar-refractivity contribution in [2.75, 3.05) is 6.54 Å². The summed E-state index contributed by atoms with van der Waals surface area (Å²) in [6.45, 7) is 4.55. The standard InChI is InChI=1S/C30H32FNO4.C6H14N4O2/c1-18(2)29-26(15-14-22(33)16-23(34)17-27(35)36)28(20-10-12-21(31)13-11-20)25-9-5-7-19-6-3-4-8-24(19)30(25)32-29;7-4(5(11)12)2-1-3-10-6(8)9/h3-4,6,8,10-15,18,22-23,33-34H,5,7,9,16-17H2,1-2H3,(H,35,36);4H,1-3,7H2,(H,11,12)(H4,8,9,10)/b15-14+;/t22-,23-;4-/m10/s1. The zero-order valence-corrected chi connectivity index (χ0v) is 27.3. The van der Waals surface area contributed by atoms with Crippen LogP contribution in [0.3, 0.4) is 0 Å². The van der Waals surface area contributed by atoms with Gasteiger partial charge in [0.2, 0.25) is 0 Å². The summed E-state index contributed by atoms with van der Waals surface area (Å²) in [7, 11) is 0. The Morgan fingerprint density at radius 2 is 1.73 bits per heavy atom. The van der Waals surface area contributed by atoms with Gasteiger partial charge in [-0.3, -0.25) is 19.6 Å². The minimum atomic E-state index is -1.15. The molecule has 0 saturated carbocycles. The number of carboxylic acid groups (broad SMARTS) is 2. The van der Waals surface area contributed by atoms with Gasteiger partial charge < -0.3 is 37.6 Å². The van der Waals surface area contributed by atoms with Crippen LogP contribution in [0, 0.1) is 5.82 Å². The molecule has 12 heteroatoms. The number of carbonyl (C=O) groups is 2. The van der Waals surface area contributed by atoms with E-state index in [-0.39, 0.29) is 24.1 Å². The van der Waals surface area contributed by atoms with Crippen molar-refractivity contribution < 1.29 is 34.4 Å². The zero-order chi connectivity index (χ0) is 35.4. The number of fused-ring (bicyclic) bond motifs is 3. The summed E-state index contributed by atoms with van der Waals surface area (Å²) in [5.41, 5.74) is 23.3. The SMILES string of the molecule is CC(C)c1nc2c(c(-c3ccc(F)cc3)c1/C=C/[C@@H](O)C[C@@H](O)CC(=O)O)CCCc1ccccc1-2.NC(N)=NCCC[C@H](N)C(=O)O. The Kier molecular flexibility index (Phi) is 14.2. The van der Waals surface area contributed by atoms with Crippen LogP contribution in [-0.2, 0) is 22.4 Å². The first-order chi connectivity index (χ1) is 22.8. The number of carboxylic acids is 2. The van der Waals surface area contributed by atoms with Crippen molar-refractivity contribution in [2.45, 2.75) is 83.0 Å². The van der Waals surface area contributed by atoms with E-state index in [4.69, 9.17) is 32.4 Å². The molecule has 0 amide bonds. The predicted octanol–water partition coefficient (Wildman–Crippen LogP) is 4.22. The van der Waals surface area contributed by atoms with Gasteiger partial charge >= 0.3 is 11.9 Å². The van der Waals surface area contributed by atoms with Gasteiger partial charge in [-0.25, -0.2) is 4.39 Å². The van der Waals surface area contributed by atoms with Crippen LogP contribution in [0.1, 0.15) is 74.3 Å². The third kappa shape index (κ3) is 11.0. The highest BCUT2D eigenvalue weighted by Gasteiger charge is 2.25. The minimum Gasteiger partial charge on any atom is -0.481 e. The Balaban J connectivity index is 0.000000444. The summed E-state index contributed by atoms with van der Waals surface area (Å²) in [4.78, 5) is 29.9. The fraction of sp³-hybridized carbons (Fsp3) is 0.389. The highest BCUT2D eigenvalue weighted by Crippen LogP contribution is 2.42. The van der Waals surface area contributed by atoms with E-state index in [0.29, 0.717) is 19.4 Å². The second-order valence-corrected chi connectivity index (χ2v) is 12.1. The van der Waals surface area contributed by atoms with Crippen molar-refractivity contribution in [3.8, 4) is 22.4 Å². The van der Waals surface area contributed by atoms with Gasteiger partial charge in [-0.1, -0.05) is 62.4 Å². The number of aliphatic imine (C=N–C) groups is 1. The molecule has 0 radical (unpaired) electrons. The predicted molar refractivity (Wildman–Crippen MR) is 185 cm³/mol. The van der Waals surface area contributed by atoms with Crippen LogP contribution in [0.5, 0.6) is 0 Å². The average molecular weight is 664 g/mol. The molecular formula is C36H46FN5O6. The number of guanidine groups is 1. The fourth-order valence-corrected chi connectivity index (χ4v) is 5.60. The van der Waals surface area contributed by atoms with E-state index < -0.39 is 36.6 Å². The van der Waals surface area contributed by atoms with E-state index in [0.717, 1.165) is 58.5 Å². The van der Waals surface area contributed by atoms with Gasteiger partial charge in [0.15, 0.2) is 5.96 Å². The molecule has 258 valence electrons. The highest BCUT2D eigenvalue weighted by molar-refractivity contribution is 5.86. The summed E-state index contributed by atoms with van der Waals surface area (Å²) in [5.74, 6) is -2.35. The van der Waals surface area contributed by atoms with Crippen molar-refractivity contribution in [1.82, 2.24) is 4.98 Å². The smallest absolute Gasteiger partial charge is 0.320 e. The number of hydrogen-bond donors (Lipinski definition) is 7. The van der Waals surface area contributed by atoms with Crippen molar-refractivity contribution in [3.63, 3.8) is 0 Å². The number of hydrogen-bond acceptors (Lipinski definition) is 7. The number of nitrogens with zero attached hydrogens (tertiary/aromatic N) is 2. The molecule has 0 fully saturated rings. The summed E-state index contributed by atoms with van der Waals surface area (Å²) >= 11 is 0. The molecule has 4 rings (SSSR count). The van der Waals surface area contributed by atoms with Crippen LogP contribution in [-0.4, -0.2) is 68.1 Å². The van der Waals surface area contributed by atoms with Crippen molar-refractivity contribution >= 4 is 24.0 Å². The summed E-state index contributed by atoms with van der Waals surface area (Å²) < 4.78 is 13.9. The molecule has 1 aromatic heterocycles. The van der Waals surface area contributed by atoms with Gasteiger partial charge in [-0.2, -0.15) is 0 Å². The number of aliphatic carboxylic acids is 2. The molecule has 1 heterocycles. The molecule has 48 heavy (non-hydrogen) atoms. The average Bonchev–Trinajstić information content (AvgIpc) is 3.20. The molecule has 0 spiro atoms. The van der Waals surface area contributed by atoms with Crippen LogP contribution in [0.2, 0.25) is 0 Å². The van der Waals surface area contributed by atoms with Gasteiger partial charge in [0.05, 0.1) is 30.0 Å². The summed E-state index contributed by atoms with van der Waals surface area (Å²) in [6.07, 6.45) is 4.37. The molecule has 10 N–H and O–H groups in total. The molecule has 0 saturated heterocycles. The van der Waals surface area contributed by atoms with Gasteiger partial charge in [-0.05, 0) is 72.4 Å². The Labute approximate surface area is 280 Å². The molecule has 0 aliphatic heterocycles. The molecule has 1 aliphatic carbocycles. The van der Waals surface area contributed by atoms with Crippen LogP contribution in [0.15, 0.2) is 59.6 Å². The Hall–Kier alpha value is -4.65. The first-order valence-corrected chi connectivity index (χ1v) is 16.0. The third-order valence-electron chi connectivity index (χ3n) is 7.88. The molecule has 11 nitrogen and oxygen atoms in total. The lowest BCUT2D eigenvalue weighted by Crippen LogP contribution is -2.30. The lowest BCUT2D eigenvalue weighted by molar-refractivity contribution is -0.140. The second kappa shape index (κ2) is 18.0. The Morgan fingerprint density at radius 1 is 1.04 bits per heavy atom. The maximum absolute atomic E-state index is 13.9. The summed E-state index contributed by atoms with van der Waals surface area (Å²) in [5, 5.41) is 37.7. The van der Waals surface area contributed by atoms with Crippen molar-refractivity contribution in [2.24, 2.45) is 22.2 Å². The number of nitrogens with two attached hydrogens (primary N) is 3. The van der Waals surface area contributed by atoms with Crippen LogP contribution in [0.4, 0.5) is 4.39 Å². The Bertz CT molecular complexity index is 1610. The third-order valence-corrected chi connectivity index (χ3v) is 7.88. The lowest BCUT2D eigenvalue weighted by atomic mass is 9.86. The fourth-order valence-electron chi connectivity index (χ4n) is 5.60. The first-order valence-electron chi connectivity index (χ1n) is 16.0. The molecule has 0 unspecified atom stereocenters. The van der Waals surface area contributed by atoms with E-state index in [1.54, 1.807) is 18.2 Å². The maximum atomic E-state index is 13.9. The van der Waals surface area contributed by atoms with Crippen LogP contribution < -0.4 is 17.2 Å². The van der Waals surface area contributed by atoms with E-state index in [1.165, 1.54) is 17.7 Å². The highest BCUT2D eigenvalue weighted by atomic mass is 19.1. The number of aliphatic hydroxyl groups is 2. The van der Waals surface area contributed by atoms with Gasteiger partial charge in [0.25, 0.3) is 0 Å². The number of aryl methyl sites for hydroxylation is 1. The number of aliphatic hydroxyl groups excluding tert-OH is 2. The number of benzene rings is 2. The minimum absolute atomic E-state index is 0.0129. The molecule has 1 aliphatic rings. The molecule has 3 atom stereocenters. The topological polar surface area (TPSA) is 218 Å². The number of halogens is 1. The quantitative estimate of drug-likeness (QED) is 0.0784. The van der Waals surface area contributed by atoms with E-state index in [2.05, 4.69) is 31.0 Å². The normalized spacial score (nSPS) is 14.1. The largest absolute Gasteiger partial charge is 0.481 e. The van der Waals surface area contributed by atoms with E-state index in [9.17, 15) is 24.2 Å². The molecular weight excluding hydrogens is 617 g/mol. The van der Waals surface area contributed by atoms with Gasteiger partial charge in [-0.15, -0.1) is 0 Å². The van der Waals surface area contributed by atoms with Crippen LogP contribution >= 0.6 is 0 Å². The first kappa shape index (κ1) is 37.8. The lowest BCUT2D eigenvalue weighted by Gasteiger charge is -2.22. The van der Waals surface area contributed by atoms with Crippen molar-refractivity contribution in [1.29, 1.82) is 0 Å². The monoisotopic (exact) mass is 663 g/mol. The van der Waals surface area contributed by atoms with Crippen molar-refractivity contribution in [3.05, 3.63) is 82.8 Å². The number of pyridine rings is 1. The van der Waals surface area contributed by atoms with E-state index in [1.807, 2.05) is 18.2 Å². The zero-order valence-electron chi connectivity index (χ0n) is 27.3. The van der Waals surface area contributed by atoms with Gasteiger partial charge in [0.1, 0.15) is 11.9 Å². The number of rotatable bonds is 13. The maximum Gasteiger partial charge on any atom is 0.320 e. The number of aromatic nitrogens is 1. The molecule has 0 bridgehead atoms. The molecule has 2 aromatic carbocycles. The Morgan fingerprint density at radius 3 is 2.35 bits per heavy atom. The summed E-state index contributed by atoms with van der Waals surface area (Å²) in [6, 6.07) is 13.9. The van der Waals surface area contributed by atoms with E-state index >= 15 is 0 Å². The second-order valence-electron chi connectivity index (χ2n) is 12.1. The van der Waals surface area contributed by atoms with Crippen LogP contribution in [0.25, 0.3) is 28.5 Å².